The molecule has 2 aromatic heterocycles. The third-order valence-electron chi connectivity index (χ3n) is 9.28. The monoisotopic (exact) mass is 495 g/mol. The summed E-state index contributed by atoms with van der Waals surface area (Å²) >= 11 is 0. The number of carboxylic acids is 1. The zero-order chi connectivity index (χ0) is 24.9. The fraction of sp³-hybridized carbons (Fsp3) is 0.469. The number of para-hydroxylation sites is 1. The molecule has 1 saturated carbocycles. The van der Waals surface area contributed by atoms with E-state index in [1.807, 2.05) is 12.1 Å². The predicted molar refractivity (Wildman–Crippen MR) is 150 cm³/mol. The third kappa shape index (κ3) is 3.90. The molecule has 0 atom stereocenters. The van der Waals surface area contributed by atoms with Crippen LogP contribution in [0.4, 0.5) is 0 Å². The Morgan fingerprint density at radius 3 is 2.54 bits per heavy atom. The van der Waals surface area contributed by atoms with Crippen molar-refractivity contribution in [2.24, 2.45) is 0 Å². The standard InChI is InChI=1S/C32H37N3O2/c36-32(37)23-12-13-26-28(20-23)35-18-7-17-34-21-24(14-19-33-15-4-5-16-33)25-10-6-11-27(30(25)34)31(35)29(26)22-8-2-1-3-9-22/h6,10-13,20-22H,1-5,7-9,14-19H2,(H,36,37). The number of carboxylic acid groups (broad SMARTS) is 1. The van der Waals surface area contributed by atoms with Gasteiger partial charge in [0.15, 0.2) is 0 Å². The van der Waals surface area contributed by atoms with Gasteiger partial charge in [-0.05, 0) is 80.8 Å². The number of rotatable bonds is 5. The minimum atomic E-state index is -0.846. The van der Waals surface area contributed by atoms with E-state index in [1.165, 1.54) is 96.7 Å². The minimum absolute atomic E-state index is 0.385. The maximum atomic E-state index is 11.9. The van der Waals surface area contributed by atoms with E-state index >= 15 is 0 Å². The summed E-state index contributed by atoms with van der Waals surface area (Å²) in [7, 11) is 0. The molecule has 1 aliphatic carbocycles. The van der Waals surface area contributed by atoms with Gasteiger partial charge in [-0.3, -0.25) is 0 Å². The van der Waals surface area contributed by atoms with Gasteiger partial charge in [-0.2, -0.15) is 0 Å². The van der Waals surface area contributed by atoms with E-state index in [0.717, 1.165) is 38.0 Å². The zero-order valence-electron chi connectivity index (χ0n) is 21.7. The summed E-state index contributed by atoms with van der Waals surface area (Å²) in [5.74, 6) is -0.308. The molecule has 1 N–H and O–H groups in total. The van der Waals surface area contributed by atoms with Crippen LogP contribution in [0.2, 0.25) is 0 Å². The first-order chi connectivity index (χ1) is 18.2. The van der Waals surface area contributed by atoms with Gasteiger partial charge in [-0.15, -0.1) is 0 Å². The van der Waals surface area contributed by atoms with Gasteiger partial charge in [-0.25, -0.2) is 4.79 Å². The van der Waals surface area contributed by atoms with E-state index in [9.17, 15) is 9.90 Å². The van der Waals surface area contributed by atoms with Crippen LogP contribution in [0.25, 0.3) is 33.1 Å². The molecule has 192 valence electrons. The van der Waals surface area contributed by atoms with Gasteiger partial charge >= 0.3 is 5.97 Å². The number of carbonyl (C=O) groups is 1. The largest absolute Gasteiger partial charge is 0.478 e. The fourth-order valence-corrected chi connectivity index (χ4v) is 7.52. The molecule has 37 heavy (non-hydrogen) atoms. The Morgan fingerprint density at radius 2 is 1.73 bits per heavy atom. The van der Waals surface area contributed by atoms with Crippen LogP contribution in [0.1, 0.15) is 78.8 Å². The first kappa shape index (κ1) is 23.1. The van der Waals surface area contributed by atoms with Crippen LogP contribution in [0.3, 0.4) is 0 Å². The lowest BCUT2D eigenvalue weighted by Gasteiger charge is -2.25. The highest BCUT2D eigenvalue weighted by Crippen LogP contribution is 2.47. The summed E-state index contributed by atoms with van der Waals surface area (Å²) in [6, 6.07) is 12.7. The van der Waals surface area contributed by atoms with Crippen LogP contribution < -0.4 is 0 Å². The van der Waals surface area contributed by atoms with E-state index in [-0.39, 0.29) is 0 Å². The van der Waals surface area contributed by atoms with Gasteiger partial charge in [0.2, 0.25) is 0 Å². The average Bonchev–Trinajstić information content (AvgIpc) is 3.63. The number of likely N-dealkylation sites (tertiary alicyclic amines) is 1. The van der Waals surface area contributed by atoms with Crippen LogP contribution in [0, 0.1) is 0 Å². The van der Waals surface area contributed by atoms with Crippen molar-refractivity contribution in [1.82, 2.24) is 14.0 Å². The lowest BCUT2D eigenvalue weighted by atomic mass is 9.81. The Bertz CT molecular complexity index is 1480. The Balaban J connectivity index is 1.44. The maximum Gasteiger partial charge on any atom is 0.335 e. The van der Waals surface area contributed by atoms with E-state index in [2.05, 4.69) is 44.5 Å². The second kappa shape index (κ2) is 9.36. The number of benzene rings is 2. The molecule has 5 heteroatoms. The molecule has 0 amide bonds. The molecule has 3 aliphatic rings. The molecule has 7 rings (SSSR count). The highest BCUT2D eigenvalue weighted by atomic mass is 16.4. The molecule has 0 spiro atoms. The second-order valence-corrected chi connectivity index (χ2v) is 11.5. The molecule has 4 heterocycles. The maximum absolute atomic E-state index is 11.9. The number of aromatic nitrogens is 2. The summed E-state index contributed by atoms with van der Waals surface area (Å²) in [6.45, 7) is 5.54. The van der Waals surface area contributed by atoms with E-state index < -0.39 is 5.97 Å². The predicted octanol–water partition coefficient (Wildman–Crippen LogP) is 7.05. The lowest BCUT2D eigenvalue weighted by Crippen LogP contribution is -2.21. The summed E-state index contributed by atoms with van der Waals surface area (Å²) in [6.07, 6.45) is 13.6. The van der Waals surface area contributed by atoms with Crippen molar-refractivity contribution in [2.45, 2.75) is 76.8 Å². The number of fused-ring (bicyclic) bond motifs is 4. The Kier molecular flexibility index (Phi) is 5.84. The second-order valence-electron chi connectivity index (χ2n) is 11.5. The lowest BCUT2D eigenvalue weighted by molar-refractivity contribution is 0.0697. The van der Waals surface area contributed by atoms with Crippen LogP contribution in [-0.2, 0) is 19.5 Å². The fourth-order valence-electron chi connectivity index (χ4n) is 7.52. The third-order valence-corrected chi connectivity index (χ3v) is 9.28. The normalized spacial score (nSPS) is 18.8. The van der Waals surface area contributed by atoms with Crippen LogP contribution in [-0.4, -0.2) is 44.7 Å². The molecule has 5 nitrogen and oxygen atoms in total. The van der Waals surface area contributed by atoms with E-state index in [4.69, 9.17) is 0 Å². The smallest absolute Gasteiger partial charge is 0.335 e. The zero-order valence-corrected chi connectivity index (χ0v) is 21.7. The highest BCUT2D eigenvalue weighted by molar-refractivity contribution is 6.03. The quantitative estimate of drug-likeness (QED) is 0.323. The van der Waals surface area contributed by atoms with Gasteiger partial charge in [0.05, 0.1) is 16.8 Å². The van der Waals surface area contributed by atoms with Gasteiger partial charge in [-0.1, -0.05) is 43.5 Å². The van der Waals surface area contributed by atoms with Gasteiger partial charge in [0.25, 0.3) is 0 Å². The summed E-state index contributed by atoms with van der Waals surface area (Å²) < 4.78 is 5.00. The van der Waals surface area contributed by atoms with E-state index in [0.29, 0.717) is 11.5 Å². The summed E-state index contributed by atoms with van der Waals surface area (Å²) in [4.78, 5) is 14.5. The molecular weight excluding hydrogens is 458 g/mol. The number of nitrogens with zero attached hydrogens (tertiary/aromatic N) is 3. The van der Waals surface area contributed by atoms with Gasteiger partial charge in [0, 0.05) is 47.7 Å². The van der Waals surface area contributed by atoms with Gasteiger partial charge in [0.1, 0.15) is 0 Å². The van der Waals surface area contributed by atoms with Crippen molar-refractivity contribution >= 4 is 27.8 Å². The van der Waals surface area contributed by atoms with Crippen molar-refractivity contribution < 1.29 is 9.90 Å². The molecule has 0 radical (unpaired) electrons. The summed E-state index contributed by atoms with van der Waals surface area (Å²) in [5, 5.41) is 12.4. The number of hydrogen-bond acceptors (Lipinski definition) is 2. The van der Waals surface area contributed by atoms with Crippen LogP contribution in [0.15, 0.2) is 42.6 Å². The van der Waals surface area contributed by atoms with Crippen molar-refractivity contribution in [3.05, 3.63) is 59.3 Å². The number of hydrogen-bond donors (Lipinski definition) is 1. The number of aryl methyl sites for hydroxylation is 2. The van der Waals surface area contributed by atoms with Crippen molar-refractivity contribution in [2.75, 3.05) is 19.6 Å². The molecule has 2 fully saturated rings. The molecule has 4 aromatic rings. The Hall–Kier alpha value is -3.05. The SMILES string of the molecule is O=C(O)c1ccc2c(C3CCCCC3)c3n(c2c1)CCCn1cc(CCN2CCCC2)c2cccc-3c21. The molecule has 0 unspecified atom stereocenters. The molecule has 0 bridgehead atoms. The minimum Gasteiger partial charge on any atom is -0.478 e. The Labute approximate surface area is 218 Å². The topological polar surface area (TPSA) is 50.4 Å². The molecule has 2 aromatic carbocycles. The van der Waals surface area contributed by atoms with Crippen LogP contribution in [0.5, 0.6) is 0 Å². The molecule has 1 saturated heterocycles. The highest BCUT2D eigenvalue weighted by Gasteiger charge is 2.29. The van der Waals surface area contributed by atoms with Gasteiger partial charge < -0.3 is 19.1 Å². The molecular formula is C32H37N3O2. The summed E-state index contributed by atoms with van der Waals surface area (Å²) in [5.41, 5.74) is 8.47. The first-order valence-electron chi connectivity index (χ1n) is 14.4. The van der Waals surface area contributed by atoms with Crippen molar-refractivity contribution in [1.29, 1.82) is 0 Å². The Morgan fingerprint density at radius 1 is 0.892 bits per heavy atom. The number of aromatic carboxylic acids is 1. The average molecular weight is 496 g/mol. The van der Waals surface area contributed by atoms with Crippen molar-refractivity contribution in [3.63, 3.8) is 0 Å². The first-order valence-corrected chi connectivity index (χ1v) is 14.4. The molecule has 2 aliphatic heterocycles. The van der Waals surface area contributed by atoms with Crippen LogP contribution >= 0.6 is 0 Å². The van der Waals surface area contributed by atoms with Crippen molar-refractivity contribution in [3.8, 4) is 11.3 Å². The van der Waals surface area contributed by atoms with E-state index in [1.54, 1.807) is 0 Å².